The summed E-state index contributed by atoms with van der Waals surface area (Å²) in [6.45, 7) is 2.22. The van der Waals surface area contributed by atoms with E-state index >= 15 is 0 Å². The molecule has 0 aliphatic rings. The first-order chi connectivity index (χ1) is 17.2. The molecular weight excluding hydrogens is 489 g/mol. The predicted octanol–water partition coefficient (Wildman–Crippen LogP) is 7.92. The van der Waals surface area contributed by atoms with Crippen LogP contribution >= 0.6 is 31.3 Å². The quantitative estimate of drug-likeness (QED) is 0.156. The minimum Gasteiger partial charge on any atom is -0.451 e. The van der Waals surface area contributed by atoms with Crippen molar-refractivity contribution in [1.82, 2.24) is 4.98 Å². The second kappa shape index (κ2) is 11.3. The van der Waals surface area contributed by atoms with Gasteiger partial charge in [0.2, 0.25) is 0 Å². The molecule has 0 spiro atoms. The van der Waals surface area contributed by atoms with Crippen LogP contribution in [0.15, 0.2) is 119 Å². The number of benzene rings is 4. The van der Waals surface area contributed by atoms with Crippen molar-refractivity contribution in [2.75, 3.05) is 5.75 Å². The van der Waals surface area contributed by atoms with Gasteiger partial charge in [-0.25, -0.2) is 4.98 Å². The molecule has 0 N–H and O–H groups in total. The van der Waals surface area contributed by atoms with E-state index in [1.54, 1.807) is 6.26 Å². The third kappa shape index (κ3) is 5.38. The first-order valence-corrected chi connectivity index (χ1v) is 14.3. The van der Waals surface area contributed by atoms with Gasteiger partial charge in [0.25, 0.3) is 0 Å². The third-order valence-electron chi connectivity index (χ3n) is 5.67. The lowest BCUT2D eigenvalue weighted by Gasteiger charge is -2.25. The van der Waals surface area contributed by atoms with Crippen LogP contribution in [0.5, 0.6) is 0 Å². The molecule has 0 saturated heterocycles. The van der Waals surface area contributed by atoms with E-state index in [-0.39, 0.29) is 0 Å². The van der Waals surface area contributed by atoms with Gasteiger partial charge in [-0.05, 0) is 71.4 Å². The van der Waals surface area contributed by atoms with Crippen LogP contribution in [-0.4, -0.2) is 10.7 Å². The Bertz CT molecular complexity index is 1330. The topological polar surface area (TPSA) is 26.0 Å². The second-order valence-corrected chi connectivity index (χ2v) is 11.9. The van der Waals surface area contributed by atoms with Crippen molar-refractivity contribution < 1.29 is 4.42 Å². The van der Waals surface area contributed by atoms with Crippen LogP contribution in [0.3, 0.4) is 0 Å². The molecule has 0 bridgehead atoms. The number of nitrogens with zero attached hydrogens (tertiary/aromatic N) is 1. The summed E-state index contributed by atoms with van der Waals surface area (Å²) in [5.74, 6) is 1.06. The second-order valence-electron chi connectivity index (χ2n) is 8.10. The Morgan fingerprint density at radius 2 is 1.51 bits per heavy atom. The number of thioether (sulfide) groups is 1. The fourth-order valence-electron chi connectivity index (χ4n) is 4.13. The van der Waals surface area contributed by atoms with Gasteiger partial charge in [0, 0.05) is 15.5 Å². The lowest BCUT2D eigenvalue weighted by molar-refractivity contribution is 0.558. The minimum atomic E-state index is -0.826. The largest absolute Gasteiger partial charge is 0.451 e. The minimum absolute atomic E-state index is 0.724. The number of hydrogen-bond donors (Lipinski definition) is 0. The summed E-state index contributed by atoms with van der Waals surface area (Å²) < 4.78 is 5.44. The van der Waals surface area contributed by atoms with Gasteiger partial charge in [-0.3, -0.25) is 0 Å². The van der Waals surface area contributed by atoms with E-state index in [4.69, 9.17) is 16.0 Å². The van der Waals surface area contributed by atoms with E-state index in [1.165, 1.54) is 32.8 Å². The molecule has 0 atom stereocenters. The molecule has 35 heavy (non-hydrogen) atoms. The normalized spacial score (nSPS) is 11.2. The maximum Gasteiger partial charge on any atom is 0.181 e. The maximum atomic E-state index is 6.29. The average Bonchev–Trinajstić information content (AvgIpc) is 3.44. The van der Waals surface area contributed by atoms with Crippen LogP contribution in [0.4, 0.5) is 0 Å². The van der Waals surface area contributed by atoms with E-state index in [0.717, 1.165) is 34.0 Å². The molecule has 1 heterocycles. The van der Waals surface area contributed by atoms with Crippen LogP contribution in [0.2, 0.25) is 5.02 Å². The summed E-state index contributed by atoms with van der Waals surface area (Å²) >= 11 is 8.18. The summed E-state index contributed by atoms with van der Waals surface area (Å²) in [5, 5.41) is 4.65. The average molecular weight is 514 g/mol. The molecule has 0 aliphatic carbocycles. The fourth-order valence-corrected chi connectivity index (χ4v) is 7.72. The molecule has 4 aromatic carbocycles. The van der Waals surface area contributed by atoms with Gasteiger partial charge in [-0.2, -0.15) is 0 Å². The highest BCUT2D eigenvalue weighted by Gasteiger charge is 2.25. The van der Waals surface area contributed by atoms with Crippen LogP contribution in [0, 0.1) is 0 Å². The summed E-state index contributed by atoms with van der Waals surface area (Å²) in [4.78, 5) is 5.81. The maximum absolute atomic E-state index is 6.29. The summed E-state index contributed by atoms with van der Waals surface area (Å²) in [6.07, 6.45) is 4.36. The molecule has 0 unspecified atom stereocenters. The Morgan fingerprint density at radius 1 is 0.857 bits per heavy atom. The molecule has 0 fully saturated rings. The van der Waals surface area contributed by atoms with Gasteiger partial charge >= 0.3 is 0 Å². The molecule has 174 valence electrons. The number of aromatic nitrogens is 1. The fraction of sp³-hybridized carbons (Fsp3) is 0.100. The highest BCUT2D eigenvalue weighted by molar-refractivity contribution is 7.99. The van der Waals surface area contributed by atoms with E-state index in [1.807, 2.05) is 23.9 Å². The third-order valence-corrected chi connectivity index (χ3v) is 9.57. The van der Waals surface area contributed by atoms with Gasteiger partial charge < -0.3 is 4.42 Å². The molecular formula is C30H25ClNOPS. The molecule has 0 radical (unpaired) electrons. The van der Waals surface area contributed by atoms with Crippen molar-refractivity contribution in [3.63, 3.8) is 0 Å². The lowest BCUT2D eigenvalue weighted by atomic mass is 9.98. The van der Waals surface area contributed by atoms with Crippen LogP contribution in [0.1, 0.15) is 13.3 Å². The lowest BCUT2D eigenvalue weighted by Crippen LogP contribution is -2.23. The molecule has 0 amide bonds. The zero-order valence-electron chi connectivity index (χ0n) is 19.4. The van der Waals surface area contributed by atoms with Crippen molar-refractivity contribution >= 4 is 47.2 Å². The zero-order valence-corrected chi connectivity index (χ0v) is 21.9. The van der Waals surface area contributed by atoms with Crippen molar-refractivity contribution in [2.45, 2.75) is 18.2 Å². The molecule has 0 aliphatic heterocycles. The number of hydrogen-bond acceptors (Lipinski definition) is 3. The summed E-state index contributed by atoms with van der Waals surface area (Å²) in [7, 11) is -0.826. The SMILES string of the molecule is CCCSc1cc(-c2cocn2)c(-c2ccc(Cl)cc2)c(P(c2ccccc2)c2ccccc2)c1. The molecule has 2 nitrogen and oxygen atoms in total. The van der Waals surface area contributed by atoms with Crippen molar-refractivity contribution in [3.05, 3.63) is 115 Å². The van der Waals surface area contributed by atoms with Gasteiger partial charge in [0.1, 0.15) is 12.0 Å². The molecule has 5 aromatic rings. The van der Waals surface area contributed by atoms with E-state index < -0.39 is 7.92 Å². The number of rotatable bonds is 8. The van der Waals surface area contributed by atoms with Gasteiger partial charge in [-0.15, -0.1) is 11.8 Å². The zero-order chi connectivity index (χ0) is 24.0. The standard InChI is InChI=1S/C30H25ClNOPS/c1-2-17-35-26-18-27(28-20-33-21-32-28)30(22-13-15-23(31)16-14-22)29(19-26)34(24-9-5-3-6-10-24)25-11-7-4-8-12-25/h3-16,18-21H,2,17H2,1H3. The van der Waals surface area contributed by atoms with Gasteiger partial charge in [0.15, 0.2) is 6.39 Å². The highest BCUT2D eigenvalue weighted by atomic mass is 35.5. The molecule has 0 saturated carbocycles. The van der Waals surface area contributed by atoms with Crippen LogP contribution < -0.4 is 15.9 Å². The monoisotopic (exact) mass is 513 g/mol. The Kier molecular flexibility index (Phi) is 7.69. The predicted molar refractivity (Wildman–Crippen MR) is 152 cm³/mol. The number of halogens is 1. The Hall–Kier alpha value is -2.84. The van der Waals surface area contributed by atoms with Crippen LogP contribution in [0.25, 0.3) is 22.4 Å². The van der Waals surface area contributed by atoms with Gasteiger partial charge in [0.05, 0.1) is 0 Å². The Balaban J connectivity index is 1.84. The van der Waals surface area contributed by atoms with Crippen molar-refractivity contribution in [1.29, 1.82) is 0 Å². The van der Waals surface area contributed by atoms with Crippen molar-refractivity contribution in [3.8, 4) is 22.4 Å². The molecule has 1 aromatic heterocycles. The Labute approximate surface area is 217 Å². The number of oxazole rings is 1. The smallest absolute Gasteiger partial charge is 0.181 e. The van der Waals surface area contributed by atoms with E-state index in [0.29, 0.717) is 0 Å². The van der Waals surface area contributed by atoms with E-state index in [2.05, 4.69) is 96.8 Å². The van der Waals surface area contributed by atoms with Crippen LogP contribution in [-0.2, 0) is 0 Å². The first-order valence-electron chi connectivity index (χ1n) is 11.6. The summed E-state index contributed by atoms with van der Waals surface area (Å²) in [5.41, 5.74) is 4.21. The van der Waals surface area contributed by atoms with Crippen molar-refractivity contribution in [2.24, 2.45) is 0 Å². The first kappa shape index (κ1) is 23.9. The highest BCUT2D eigenvalue weighted by Crippen LogP contribution is 2.43. The van der Waals surface area contributed by atoms with E-state index in [9.17, 15) is 0 Å². The summed E-state index contributed by atoms with van der Waals surface area (Å²) in [6, 6.07) is 34.4. The molecule has 5 rings (SSSR count). The Morgan fingerprint density at radius 3 is 2.09 bits per heavy atom. The molecule has 5 heteroatoms. The van der Waals surface area contributed by atoms with Gasteiger partial charge in [-0.1, -0.05) is 91.3 Å².